The van der Waals surface area contributed by atoms with Crippen LogP contribution in [0.2, 0.25) is 0 Å². The van der Waals surface area contributed by atoms with Crippen molar-refractivity contribution in [2.75, 3.05) is 13.2 Å². The number of hydrazine groups is 1. The number of hydrogen-bond donors (Lipinski definition) is 3. The number of benzene rings is 1. The molecule has 0 spiro atoms. The summed E-state index contributed by atoms with van der Waals surface area (Å²) in [4.78, 5) is 24.1. The summed E-state index contributed by atoms with van der Waals surface area (Å²) in [5, 5.41) is 2.92. The minimum absolute atomic E-state index is 0.00575. The summed E-state index contributed by atoms with van der Waals surface area (Å²) in [7, 11) is 0. The molecule has 142 valence electrons. The van der Waals surface area contributed by atoms with Gasteiger partial charge in [-0.3, -0.25) is 15.0 Å². The molecule has 1 aromatic carbocycles. The third-order valence-electron chi connectivity index (χ3n) is 5.49. The van der Waals surface area contributed by atoms with E-state index in [1.165, 1.54) is 5.56 Å². The van der Waals surface area contributed by atoms with Gasteiger partial charge in [-0.2, -0.15) is 0 Å². The van der Waals surface area contributed by atoms with Crippen LogP contribution in [-0.2, 0) is 9.59 Å². The van der Waals surface area contributed by atoms with Crippen LogP contribution >= 0.6 is 0 Å². The highest BCUT2D eigenvalue weighted by Gasteiger charge is 2.39. The first-order valence-electron chi connectivity index (χ1n) is 9.59. The number of carbonyl (C=O) groups is 2. The molecule has 3 N–H and O–H groups in total. The molecule has 1 aromatic rings. The topological polar surface area (TPSA) is 79.5 Å². The molecule has 1 saturated carbocycles. The third-order valence-corrected chi connectivity index (χ3v) is 5.49. The Morgan fingerprint density at radius 2 is 1.96 bits per heavy atom. The number of amides is 2. The van der Waals surface area contributed by atoms with Gasteiger partial charge in [-0.25, -0.2) is 5.43 Å². The van der Waals surface area contributed by atoms with Gasteiger partial charge >= 0.3 is 0 Å². The SMILES string of the molecule is CC(C)c1ccc(OCC(=O)NCC2NNC(=O)C3CCCCC23)cc1. The molecule has 3 unspecified atom stereocenters. The highest BCUT2D eigenvalue weighted by molar-refractivity contribution is 5.80. The molecule has 1 heterocycles. The van der Waals surface area contributed by atoms with Crippen molar-refractivity contribution in [2.24, 2.45) is 11.8 Å². The number of rotatable bonds is 6. The molecule has 3 atom stereocenters. The summed E-state index contributed by atoms with van der Waals surface area (Å²) in [5.41, 5.74) is 7.06. The summed E-state index contributed by atoms with van der Waals surface area (Å²) in [6.45, 7) is 4.77. The summed E-state index contributed by atoms with van der Waals surface area (Å²) in [5.74, 6) is 1.47. The number of ether oxygens (including phenoxy) is 1. The maximum Gasteiger partial charge on any atom is 0.257 e. The van der Waals surface area contributed by atoms with Crippen LogP contribution in [0.5, 0.6) is 5.75 Å². The zero-order valence-electron chi connectivity index (χ0n) is 15.6. The number of carbonyl (C=O) groups excluding carboxylic acids is 2. The van der Waals surface area contributed by atoms with E-state index >= 15 is 0 Å². The summed E-state index contributed by atoms with van der Waals surface area (Å²) in [6, 6.07) is 7.92. The van der Waals surface area contributed by atoms with Gasteiger partial charge in [0.25, 0.3) is 5.91 Å². The number of fused-ring (bicyclic) bond motifs is 1. The molecule has 3 rings (SSSR count). The van der Waals surface area contributed by atoms with Crippen LogP contribution in [-0.4, -0.2) is 31.0 Å². The van der Waals surface area contributed by atoms with Crippen LogP contribution in [0.3, 0.4) is 0 Å². The highest BCUT2D eigenvalue weighted by atomic mass is 16.5. The van der Waals surface area contributed by atoms with Crippen LogP contribution in [0, 0.1) is 11.8 Å². The van der Waals surface area contributed by atoms with Crippen molar-refractivity contribution in [1.82, 2.24) is 16.2 Å². The van der Waals surface area contributed by atoms with Crippen molar-refractivity contribution in [3.8, 4) is 5.75 Å². The summed E-state index contributed by atoms with van der Waals surface area (Å²) in [6.07, 6.45) is 4.23. The van der Waals surface area contributed by atoms with E-state index in [2.05, 4.69) is 30.0 Å². The van der Waals surface area contributed by atoms with Gasteiger partial charge in [0.2, 0.25) is 5.91 Å². The molecule has 2 amide bonds. The first-order chi connectivity index (χ1) is 12.5. The minimum atomic E-state index is -0.149. The standard InChI is InChI=1S/C20H29N3O3/c1-13(2)14-7-9-15(10-8-14)26-12-19(24)21-11-18-16-5-3-4-6-17(16)20(25)23-22-18/h7-10,13,16-18,22H,3-6,11-12H2,1-2H3,(H,21,24)(H,23,25). The van der Waals surface area contributed by atoms with Crippen LogP contribution in [0.25, 0.3) is 0 Å². The Labute approximate surface area is 155 Å². The van der Waals surface area contributed by atoms with Gasteiger partial charge in [-0.05, 0) is 42.4 Å². The van der Waals surface area contributed by atoms with E-state index in [0.29, 0.717) is 24.1 Å². The number of hydrogen-bond acceptors (Lipinski definition) is 4. The molecule has 2 fully saturated rings. The lowest BCUT2D eigenvalue weighted by atomic mass is 9.74. The first-order valence-corrected chi connectivity index (χ1v) is 9.59. The van der Waals surface area contributed by atoms with Crippen molar-refractivity contribution in [3.05, 3.63) is 29.8 Å². The largest absolute Gasteiger partial charge is 0.484 e. The van der Waals surface area contributed by atoms with Crippen molar-refractivity contribution < 1.29 is 14.3 Å². The predicted octanol–water partition coefficient (Wildman–Crippen LogP) is 2.11. The first kappa shape index (κ1) is 18.7. The quantitative estimate of drug-likeness (QED) is 0.727. The molecule has 2 aliphatic rings. The van der Waals surface area contributed by atoms with E-state index in [0.717, 1.165) is 25.7 Å². The maximum absolute atomic E-state index is 12.1. The fourth-order valence-electron chi connectivity index (χ4n) is 3.91. The van der Waals surface area contributed by atoms with Gasteiger partial charge in [0, 0.05) is 18.5 Å². The van der Waals surface area contributed by atoms with Crippen molar-refractivity contribution in [2.45, 2.75) is 51.5 Å². The lowest BCUT2D eigenvalue weighted by Gasteiger charge is -2.41. The highest BCUT2D eigenvalue weighted by Crippen LogP contribution is 2.34. The molecule has 6 heteroatoms. The average Bonchev–Trinajstić information content (AvgIpc) is 2.66. The molecule has 1 aliphatic heterocycles. The van der Waals surface area contributed by atoms with E-state index in [1.807, 2.05) is 24.3 Å². The molecule has 26 heavy (non-hydrogen) atoms. The molecular formula is C20H29N3O3. The Balaban J connectivity index is 1.44. The summed E-state index contributed by atoms with van der Waals surface area (Å²) >= 11 is 0. The van der Waals surface area contributed by atoms with Gasteiger partial charge in [-0.15, -0.1) is 0 Å². The number of nitrogens with one attached hydrogen (secondary N) is 3. The van der Waals surface area contributed by atoms with Crippen molar-refractivity contribution in [3.63, 3.8) is 0 Å². The molecule has 1 aliphatic carbocycles. The van der Waals surface area contributed by atoms with Crippen molar-refractivity contribution >= 4 is 11.8 Å². The van der Waals surface area contributed by atoms with E-state index in [1.54, 1.807) is 0 Å². The van der Waals surface area contributed by atoms with Crippen LogP contribution in [0.1, 0.15) is 51.0 Å². The maximum atomic E-state index is 12.1. The second-order valence-electron chi connectivity index (χ2n) is 7.61. The Kier molecular flexibility index (Phi) is 6.14. The lowest BCUT2D eigenvalue weighted by Crippen LogP contribution is -2.62. The van der Waals surface area contributed by atoms with Gasteiger partial charge in [-0.1, -0.05) is 38.8 Å². The van der Waals surface area contributed by atoms with E-state index < -0.39 is 0 Å². The Morgan fingerprint density at radius 3 is 2.69 bits per heavy atom. The van der Waals surface area contributed by atoms with E-state index in [4.69, 9.17) is 4.74 Å². The lowest BCUT2D eigenvalue weighted by molar-refractivity contribution is -0.133. The van der Waals surface area contributed by atoms with E-state index in [9.17, 15) is 9.59 Å². The van der Waals surface area contributed by atoms with Gasteiger partial charge in [0.15, 0.2) is 6.61 Å². The van der Waals surface area contributed by atoms with Crippen LogP contribution in [0.4, 0.5) is 0 Å². The predicted molar refractivity (Wildman–Crippen MR) is 99.6 cm³/mol. The zero-order chi connectivity index (χ0) is 18.5. The second-order valence-corrected chi connectivity index (χ2v) is 7.61. The molecule has 0 aromatic heterocycles. The normalized spacial score (nSPS) is 25.3. The average molecular weight is 359 g/mol. The fourth-order valence-corrected chi connectivity index (χ4v) is 3.91. The van der Waals surface area contributed by atoms with Gasteiger partial charge < -0.3 is 10.1 Å². The van der Waals surface area contributed by atoms with Crippen LogP contribution < -0.4 is 20.9 Å². The van der Waals surface area contributed by atoms with Gasteiger partial charge in [0.05, 0.1) is 0 Å². The Hall–Kier alpha value is -2.08. The summed E-state index contributed by atoms with van der Waals surface area (Å²) < 4.78 is 5.56. The second kappa shape index (κ2) is 8.54. The molecule has 1 saturated heterocycles. The third kappa shape index (κ3) is 4.55. The van der Waals surface area contributed by atoms with E-state index in [-0.39, 0.29) is 30.4 Å². The molecule has 6 nitrogen and oxygen atoms in total. The molecular weight excluding hydrogens is 330 g/mol. The monoisotopic (exact) mass is 359 g/mol. The fraction of sp³-hybridized carbons (Fsp3) is 0.600. The molecule has 0 bridgehead atoms. The van der Waals surface area contributed by atoms with Crippen molar-refractivity contribution in [1.29, 1.82) is 0 Å². The van der Waals surface area contributed by atoms with Crippen LogP contribution in [0.15, 0.2) is 24.3 Å². The Morgan fingerprint density at radius 1 is 1.23 bits per heavy atom. The molecule has 0 radical (unpaired) electrons. The Bertz CT molecular complexity index is 630. The smallest absolute Gasteiger partial charge is 0.257 e. The zero-order valence-corrected chi connectivity index (χ0v) is 15.6. The minimum Gasteiger partial charge on any atom is -0.484 e. The van der Waals surface area contributed by atoms with Gasteiger partial charge in [0.1, 0.15) is 5.75 Å².